The average molecular weight is 197 g/mol. The lowest BCUT2D eigenvalue weighted by atomic mass is 10.0. The number of H-pyrrole nitrogens is 1. The van der Waals surface area contributed by atoms with Crippen LogP contribution >= 0.6 is 0 Å². The predicted octanol–water partition coefficient (Wildman–Crippen LogP) is 1.98. The molecule has 2 rings (SSSR count). The van der Waals surface area contributed by atoms with Crippen molar-refractivity contribution in [2.75, 3.05) is 0 Å². The first kappa shape index (κ1) is 9.24. The molecule has 0 amide bonds. The summed E-state index contributed by atoms with van der Waals surface area (Å²) in [7, 11) is 0. The molecule has 4 heteroatoms. The van der Waals surface area contributed by atoms with Gasteiger partial charge in [0, 0.05) is 11.3 Å². The third-order valence-corrected chi connectivity index (χ3v) is 2.90. The van der Waals surface area contributed by atoms with Crippen LogP contribution in [0.15, 0.2) is 0 Å². The van der Waals surface area contributed by atoms with E-state index in [2.05, 4.69) is 11.9 Å². The first-order valence-corrected chi connectivity index (χ1v) is 4.76. The van der Waals surface area contributed by atoms with E-state index in [1.165, 1.54) is 0 Å². The molecule has 1 heterocycles. The van der Waals surface area contributed by atoms with Gasteiger partial charge >= 0.3 is 5.97 Å². The molecule has 0 saturated carbocycles. The monoisotopic (exact) mass is 197 g/mol. The quantitative estimate of drug-likeness (QED) is 0.761. The van der Waals surface area contributed by atoms with Crippen LogP contribution in [0.1, 0.15) is 35.1 Å². The minimum atomic E-state index is -1.22. The van der Waals surface area contributed by atoms with Gasteiger partial charge in [-0.25, -0.2) is 9.18 Å². The van der Waals surface area contributed by atoms with Gasteiger partial charge in [0.1, 0.15) is 0 Å². The Kier molecular flexibility index (Phi) is 2.06. The lowest BCUT2D eigenvalue weighted by Crippen LogP contribution is -2.04. The maximum absolute atomic E-state index is 13.5. The fourth-order valence-electron chi connectivity index (χ4n) is 2.04. The lowest BCUT2D eigenvalue weighted by Gasteiger charge is -2.03. The molecular formula is C10H12FNO2. The average Bonchev–Trinajstić information content (AvgIpc) is 2.65. The molecule has 1 atom stereocenters. The van der Waals surface area contributed by atoms with Gasteiger partial charge in [-0.15, -0.1) is 0 Å². The summed E-state index contributed by atoms with van der Waals surface area (Å²) in [6.07, 6.45) is 2.45. The van der Waals surface area contributed by atoms with Crippen LogP contribution < -0.4 is 0 Å². The summed E-state index contributed by atoms with van der Waals surface area (Å²) in [6, 6.07) is 0. The number of hydrogen-bond donors (Lipinski definition) is 2. The second kappa shape index (κ2) is 3.12. The number of hydrogen-bond acceptors (Lipinski definition) is 1. The molecule has 0 aromatic carbocycles. The smallest absolute Gasteiger partial charge is 0.355 e. The lowest BCUT2D eigenvalue weighted by molar-refractivity contribution is 0.0685. The number of carbonyl (C=O) groups is 1. The zero-order valence-corrected chi connectivity index (χ0v) is 7.93. The second-order valence-corrected chi connectivity index (χ2v) is 3.76. The summed E-state index contributed by atoms with van der Waals surface area (Å²) >= 11 is 0. The molecule has 76 valence electrons. The number of carboxylic acid groups (broad SMARTS) is 1. The van der Waals surface area contributed by atoms with Crippen LogP contribution in [0.5, 0.6) is 0 Å². The minimum absolute atomic E-state index is 0.287. The van der Waals surface area contributed by atoms with Crippen molar-refractivity contribution >= 4 is 5.97 Å². The molecular weight excluding hydrogens is 185 g/mol. The highest BCUT2D eigenvalue weighted by molar-refractivity contribution is 5.86. The second-order valence-electron chi connectivity index (χ2n) is 3.76. The number of aromatic amines is 1. The van der Waals surface area contributed by atoms with Crippen LogP contribution in [0, 0.1) is 11.7 Å². The van der Waals surface area contributed by atoms with Gasteiger partial charge in [-0.3, -0.25) is 0 Å². The van der Waals surface area contributed by atoms with Crippen LogP contribution in [0.3, 0.4) is 0 Å². The molecule has 2 N–H and O–H groups in total. The van der Waals surface area contributed by atoms with Gasteiger partial charge in [-0.05, 0) is 18.8 Å². The van der Waals surface area contributed by atoms with Crippen LogP contribution in [-0.4, -0.2) is 16.1 Å². The van der Waals surface area contributed by atoms with Gasteiger partial charge < -0.3 is 10.1 Å². The highest BCUT2D eigenvalue weighted by Crippen LogP contribution is 2.31. The summed E-state index contributed by atoms with van der Waals surface area (Å²) in [5, 5.41) is 8.67. The molecule has 0 radical (unpaired) electrons. The van der Waals surface area contributed by atoms with Gasteiger partial charge in [0.2, 0.25) is 0 Å². The van der Waals surface area contributed by atoms with E-state index in [9.17, 15) is 9.18 Å². The summed E-state index contributed by atoms with van der Waals surface area (Å²) in [5.74, 6) is -1.32. The molecule has 3 nitrogen and oxygen atoms in total. The Balaban J connectivity index is 2.36. The molecule has 1 aliphatic rings. The van der Waals surface area contributed by atoms with Crippen molar-refractivity contribution in [1.82, 2.24) is 4.98 Å². The Morgan fingerprint density at radius 1 is 1.64 bits per heavy atom. The van der Waals surface area contributed by atoms with E-state index >= 15 is 0 Å². The van der Waals surface area contributed by atoms with Gasteiger partial charge in [-0.1, -0.05) is 13.3 Å². The largest absolute Gasteiger partial charge is 0.476 e. The van der Waals surface area contributed by atoms with Crippen molar-refractivity contribution in [3.05, 3.63) is 22.8 Å². The van der Waals surface area contributed by atoms with Crippen LogP contribution in [0.2, 0.25) is 0 Å². The third kappa shape index (κ3) is 1.22. The number of rotatable bonds is 2. The summed E-state index contributed by atoms with van der Waals surface area (Å²) < 4.78 is 13.5. The van der Waals surface area contributed by atoms with E-state index in [0.29, 0.717) is 17.9 Å². The third-order valence-electron chi connectivity index (χ3n) is 2.90. The Bertz CT molecular complexity index is 384. The topological polar surface area (TPSA) is 53.1 Å². The fourth-order valence-corrected chi connectivity index (χ4v) is 2.04. The first-order chi connectivity index (χ1) is 6.63. The summed E-state index contributed by atoms with van der Waals surface area (Å²) in [6.45, 7) is 2.06. The van der Waals surface area contributed by atoms with Crippen LogP contribution in [-0.2, 0) is 12.8 Å². The zero-order valence-electron chi connectivity index (χ0n) is 7.93. The Morgan fingerprint density at radius 3 is 2.86 bits per heavy atom. The maximum atomic E-state index is 13.5. The molecule has 1 aromatic heterocycles. The molecule has 1 aliphatic carbocycles. The number of fused-ring (bicyclic) bond motifs is 1. The van der Waals surface area contributed by atoms with E-state index in [4.69, 9.17) is 5.11 Å². The number of aromatic nitrogens is 1. The van der Waals surface area contributed by atoms with Crippen LogP contribution in [0.25, 0.3) is 0 Å². The molecule has 0 aliphatic heterocycles. The molecule has 0 spiro atoms. The van der Waals surface area contributed by atoms with Crippen molar-refractivity contribution in [3.63, 3.8) is 0 Å². The molecule has 14 heavy (non-hydrogen) atoms. The van der Waals surface area contributed by atoms with Crippen molar-refractivity contribution in [1.29, 1.82) is 0 Å². The fraction of sp³-hybridized carbons (Fsp3) is 0.500. The highest BCUT2D eigenvalue weighted by Gasteiger charge is 2.29. The zero-order chi connectivity index (χ0) is 10.3. The van der Waals surface area contributed by atoms with Crippen LogP contribution in [0.4, 0.5) is 4.39 Å². The molecule has 0 bridgehead atoms. The minimum Gasteiger partial charge on any atom is -0.476 e. The van der Waals surface area contributed by atoms with E-state index in [0.717, 1.165) is 18.5 Å². The van der Waals surface area contributed by atoms with E-state index < -0.39 is 11.8 Å². The van der Waals surface area contributed by atoms with Crippen molar-refractivity contribution in [2.45, 2.75) is 26.2 Å². The van der Waals surface area contributed by atoms with Gasteiger partial charge in [0.25, 0.3) is 0 Å². The van der Waals surface area contributed by atoms with Gasteiger partial charge in [0.05, 0.1) is 0 Å². The molecule has 0 fully saturated rings. The number of carboxylic acids is 1. The maximum Gasteiger partial charge on any atom is 0.355 e. The van der Waals surface area contributed by atoms with Crippen molar-refractivity contribution in [3.8, 4) is 0 Å². The summed E-state index contributed by atoms with van der Waals surface area (Å²) in [5.41, 5.74) is 1.06. The molecule has 1 unspecified atom stereocenters. The Morgan fingerprint density at radius 2 is 2.36 bits per heavy atom. The predicted molar refractivity (Wildman–Crippen MR) is 48.9 cm³/mol. The van der Waals surface area contributed by atoms with E-state index in [1.807, 2.05) is 0 Å². The molecule has 0 saturated heterocycles. The highest BCUT2D eigenvalue weighted by atomic mass is 19.1. The normalized spacial score (nSPS) is 19.7. The SMILES string of the molecule is CCC1Cc2[nH]c(C(=O)O)c(F)c2C1. The van der Waals surface area contributed by atoms with Gasteiger partial charge in [-0.2, -0.15) is 0 Å². The standard InChI is InChI=1S/C10H12FNO2/c1-2-5-3-6-7(4-5)12-9(8(6)11)10(13)14/h5,12H,2-4H2,1H3,(H,13,14). The van der Waals surface area contributed by atoms with E-state index in [1.54, 1.807) is 0 Å². The molecule has 1 aromatic rings. The van der Waals surface area contributed by atoms with Gasteiger partial charge in [0.15, 0.2) is 11.5 Å². The van der Waals surface area contributed by atoms with Crippen molar-refractivity contribution < 1.29 is 14.3 Å². The Labute approximate surface area is 80.9 Å². The number of nitrogens with one attached hydrogen (secondary N) is 1. The van der Waals surface area contributed by atoms with Crippen molar-refractivity contribution in [2.24, 2.45) is 5.92 Å². The summed E-state index contributed by atoms with van der Waals surface area (Å²) in [4.78, 5) is 13.3. The van der Waals surface area contributed by atoms with E-state index in [-0.39, 0.29) is 5.69 Å². The number of halogens is 1. The first-order valence-electron chi connectivity index (χ1n) is 4.76. The number of aromatic carboxylic acids is 1. The Hall–Kier alpha value is -1.32.